The van der Waals surface area contributed by atoms with E-state index >= 15 is 4.39 Å². The Kier molecular flexibility index (Phi) is 7.55. The van der Waals surface area contributed by atoms with Gasteiger partial charge in [0.25, 0.3) is 11.3 Å². The summed E-state index contributed by atoms with van der Waals surface area (Å²) in [5.74, 6) is -1.04. The molecule has 37 heavy (non-hydrogen) atoms. The molecular weight excluding hydrogens is 503 g/mol. The number of halogens is 1. The highest BCUT2D eigenvalue weighted by molar-refractivity contribution is 7.80. The summed E-state index contributed by atoms with van der Waals surface area (Å²) >= 11 is -2.54. The Morgan fingerprint density at radius 2 is 2.03 bits per heavy atom. The van der Waals surface area contributed by atoms with Crippen LogP contribution in [0.1, 0.15) is 12.0 Å². The van der Waals surface area contributed by atoms with Gasteiger partial charge >= 0.3 is 5.97 Å². The molecule has 0 aliphatic carbocycles. The lowest BCUT2D eigenvalue weighted by atomic mass is 10.0. The summed E-state index contributed by atoms with van der Waals surface area (Å²) in [5, 5.41) is 0.681. The van der Waals surface area contributed by atoms with Crippen molar-refractivity contribution in [3.63, 3.8) is 0 Å². The van der Waals surface area contributed by atoms with Crippen LogP contribution in [0.25, 0.3) is 10.8 Å². The molecule has 3 atom stereocenters. The maximum Gasteiger partial charge on any atom is 0.328 e. The number of carbonyl (C=O) groups is 2. The van der Waals surface area contributed by atoms with Crippen LogP contribution in [-0.4, -0.2) is 75.3 Å². The molecular formula is C24H27FN6O5S. The number of carbonyl (C=O) groups excluding carboxylic acids is 2. The minimum Gasteiger partial charge on any atom is -0.467 e. The number of nitrogen functional groups attached to an aromatic ring is 1. The number of anilines is 3. The lowest BCUT2D eigenvalue weighted by molar-refractivity contribution is -0.151. The summed E-state index contributed by atoms with van der Waals surface area (Å²) in [6.45, 7) is 0.103. The van der Waals surface area contributed by atoms with Gasteiger partial charge in [0, 0.05) is 44.0 Å². The Balaban J connectivity index is 1.63. The van der Waals surface area contributed by atoms with Crippen LogP contribution in [0.3, 0.4) is 0 Å². The predicted octanol–water partition coefficient (Wildman–Crippen LogP) is 1.75. The van der Waals surface area contributed by atoms with Crippen molar-refractivity contribution in [1.29, 1.82) is 0 Å². The molecule has 0 saturated carbocycles. The fourth-order valence-corrected chi connectivity index (χ4v) is 5.18. The van der Waals surface area contributed by atoms with Gasteiger partial charge in [0.15, 0.2) is 0 Å². The normalized spacial score (nSPS) is 17.1. The van der Waals surface area contributed by atoms with Gasteiger partial charge < -0.3 is 20.3 Å². The third-order valence-corrected chi connectivity index (χ3v) is 7.16. The molecule has 0 radical (unpaired) electrons. The van der Waals surface area contributed by atoms with Gasteiger partial charge in [-0.2, -0.15) is 0 Å². The molecule has 3 heterocycles. The molecule has 1 unspecified atom stereocenters. The Bertz CT molecular complexity index is 1360. The average Bonchev–Trinajstić information content (AvgIpc) is 3.24. The standard InChI is InChI=1S/C24H27FN6O5S/c1-29(2)20-7-5-15(13-28-20)31(37(34)35)18-9-11-30(23(18)32)19(24(33)36-3)12-14-4-6-17-16(21(14)25)8-10-27-22(17)26/h4-8,10,13,18-19H,9,11-12H2,1-3H3,(H2,26,27)(H,34,35)/t18-,19+/m0/s1. The minimum atomic E-state index is -2.54. The van der Waals surface area contributed by atoms with Crippen LogP contribution in [0.2, 0.25) is 0 Å². The van der Waals surface area contributed by atoms with Crippen LogP contribution in [0, 0.1) is 5.82 Å². The maximum atomic E-state index is 15.4. The molecule has 2 aromatic heterocycles. The first-order valence-corrected chi connectivity index (χ1v) is 12.4. The molecule has 3 N–H and O–H groups in total. The van der Waals surface area contributed by atoms with E-state index in [2.05, 4.69) is 9.97 Å². The molecule has 1 saturated heterocycles. The van der Waals surface area contributed by atoms with Gasteiger partial charge in [0.1, 0.15) is 29.5 Å². The van der Waals surface area contributed by atoms with Crippen molar-refractivity contribution in [3.05, 3.63) is 54.1 Å². The zero-order valence-electron chi connectivity index (χ0n) is 20.5. The second kappa shape index (κ2) is 10.6. The minimum absolute atomic E-state index is 0.103. The Labute approximate surface area is 215 Å². The summed E-state index contributed by atoms with van der Waals surface area (Å²) < 4.78 is 43.6. The van der Waals surface area contributed by atoms with Crippen LogP contribution in [0.4, 0.5) is 21.7 Å². The monoisotopic (exact) mass is 530 g/mol. The summed E-state index contributed by atoms with van der Waals surface area (Å²) in [4.78, 5) is 37.5. The number of ether oxygens (including phenoxy) is 1. The highest BCUT2D eigenvalue weighted by Crippen LogP contribution is 2.30. The molecule has 0 bridgehead atoms. The number of nitrogens with two attached hydrogens (primary N) is 1. The molecule has 1 aliphatic heterocycles. The van der Waals surface area contributed by atoms with Crippen molar-refractivity contribution in [1.82, 2.24) is 14.9 Å². The van der Waals surface area contributed by atoms with E-state index in [4.69, 9.17) is 10.5 Å². The Morgan fingerprint density at radius 3 is 2.65 bits per heavy atom. The molecule has 13 heteroatoms. The summed E-state index contributed by atoms with van der Waals surface area (Å²) in [6, 6.07) is 5.67. The zero-order chi connectivity index (χ0) is 26.9. The van der Waals surface area contributed by atoms with Crippen molar-refractivity contribution in [2.75, 3.05) is 42.7 Å². The van der Waals surface area contributed by atoms with Gasteiger partial charge in [0.2, 0.25) is 5.91 Å². The predicted molar refractivity (Wildman–Crippen MR) is 138 cm³/mol. The molecule has 0 spiro atoms. The number of hydrogen-bond acceptors (Lipinski definition) is 8. The van der Waals surface area contributed by atoms with Gasteiger partial charge in [0.05, 0.1) is 19.0 Å². The average molecular weight is 531 g/mol. The zero-order valence-corrected chi connectivity index (χ0v) is 21.3. The number of rotatable bonds is 8. The quantitative estimate of drug-likeness (QED) is 0.329. The Morgan fingerprint density at radius 1 is 1.27 bits per heavy atom. The van der Waals surface area contributed by atoms with Crippen molar-refractivity contribution < 1.29 is 27.5 Å². The second-order valence-electron chi connectivity index (χ2n) is 8.73. The smallest absolute Gasteiger partial charge is 0.328 e. The van der Waals surface area contributed by atoms with Crippen molar-refractivity contribution in [2.45, 2.75) is 24.9 Å². The number of amides is 1. The number of fused-ring (bicyclic) bond motifs is 1. The van der Waals surface area contributed by atoms with Crippen molar-refractivity contribution in [2.24, 2.45) is 0 Å². The summed E-state index contributed by atoms with van der Waals surface area (Å²) in [6.07, 6.45) is 2.80. The highest BCUT2D eigenvalue weighted by atomic mass is 32.2. The van der Waals surface area contributed by atoms with Crippen molar-refractivity contribution >= 4 is 51.2 Å². The molecule has 196 valence electrons. The van der Waals surface area contributed by atoms with E-state index in [1.54, 1.807) is 37.2 Å². The number of benzene rings is 1. The topological polar surface area (TPSA) is 142 Å². The van der Waals surface area contributed by atoms with Crippen LogP contribution in [-0.2, 0) is 32.0 Å². The van der Waals surface area contributed by atoms with E-state index in [9.17, 15) is 18.4 Å². The number of esters is 1. The lowest BCUT2D eigenvalue weighted by Crippen LogP contribution is -2.49. The molecule has 1 amide bonds. The third kappa shape index (κ3) is 5.04. The van der Waals surface area contributed by atoms with E-state index in [0.29, 0.717) is 11.2 Å². The van der Waals surface area contributed by atoms with Crippen LogP contribution in [0.5, 0.6) is 0 Å². The number of pyridine rings is 2. The second-order valence-corrected chi connectivity index (χ2v) is 9.59. The van der Waals surface area contributed by atoms with Gasteiger partial charge in [-0.3, -0.25) is 13.7 Å². The first kappa shape index (κ1) is 26.2. The first-order valence-electron chi connectivity index (χ1n) is 11.4. The molecule has 1 fully saturated rings. The van der Waals surface area contributed by atoms with Crippen molar-refractivity contribution in [3.8, 4) is 0 Å². The van der Waals surface area contributed by atoms with Crippen LogP contribution in [0.15, 0.2) is 42.7 Å². The SMILES string of the molecule is COC(=O)[C@@H](Cc1ccc2c(N)nccc2c1F)N1CC[C@H](N(c2ccc(N(C)C)nc2)S(=O)O)C1=O. The lowest BCUT2D eigenvalue weighted by Gasteiger charge is -2.29. The van der Waals surface area contributed by atoms with Crippen LogP contribution < -0.4 is 14.9 Å². The first-order chi connectivity index (χ1) is 17.6. The third-order valence-electron chi connectivity index (χ3n) is 6.36. The number of aromatic nitrogens is 2. The van der Waals surface area contributed by atoms with E-state index in [0.717, 1.165) is 4.31 Å². The molecule has 3 aromatic rings. The van der Waals surface area contributed by atoms with E-state index in [1.165, 1.54) is 36.5 Å². The largest absolute Gasteiger partial charge is 0.467 e. The summed E-state index contributed by atoms with van der Waals surface area (Å²) in [7, 11) is 4.79. The molecule has 1 aromatic carbocycles. The van der Waals surface area contributed by atoms with Crippen LogP contribution >= 0.6 is 0 Å². The maximum absolute atomic E-state index is 15.4. The Hall–Kier alpha value is -3.84. The van der Waals surface area contributed by atoms with E-state index in [-0.39, 0.29) is 41.8 Å². The molecule has 11 nitrogen and oxygen atoms in total. The fourth-order valence-electron chi connectivity index (χ4n) is 4.47. The number of likely N-dealkylation sites (tertiary alicyclic amines) is 1. The molecule has 1 aliphatic rings. The summed E-state index contributed by atoms with van der Waals surface area (Å²) in [5.41, 5.74) is 6.30. The van der Waals surface area contributed by atoms with Gasteiger partial charge in [-0.15, -0.1) is 0 Å². The van der Waals surface area contributed by atoms with E-state index < -0.39 is 41.0 Å². The number of hydrogen-bond donors (Lipinski definition) is 2. The highest BCUT2D eigenvalue weighted by Gasteiger charge is 2.44. The fraction of sp³-hybridized carbons (Fsp3) is 0.333. The number of methoxy groups -OCH3 is 1. The number of nitrogens with zero attached hydrogens (tertiary/aromatic N) is 5. The van der Waals surface area contributed by atoms with Gasteiger partial charge in [-0.1, -0.05) is 12.1 Å². The van der Waals surface area contributed by atoms with Gasteiger partial charge in [-0.25, -0.2) is 23.4 Å². The van der Waals surface area contributed by atoms with Gasteiger partial charge in [-0.05, 0) is 30.2 Å². The molecule has 4 rings (SSSR count). The van der Waals surface area contributed by atoms with E-state index in [1.807, 2.05) is 0 Å².